The molecule has 0 aromatic carbocycles. The third-order valence-electron chi connectivity index (χ3n) is 5.54. The number of amides is 1. The van der Waals surface area contributed by atoms with Crippen LogP contribution in [0.1, 0.15) is 91.9 Å². The average Bonchev–Trinajstić information content (AvgIpc) is 3.03. The van der Waals surface area contributed by atoms with Crippen molar-refractivity contribution in [3.05, 3.63) is 0 Å². The predicted molar refractivity (Wildman–Crippen MR) is 102 cm³/mol. The van der Waals surface area contributed by atoms with Crippen LogP contribution in [-0.2, 0) is 14.3 Å². The number of likely N-dealkylation sites (tertiary alicyclic amines) is 1. The van der Waals surface area contributed by atoms with Crippen LogP contribution in [0.15, 0.2) is 0 Å². The minimum absolute atomic E-state index is 0.0948. The Morgan fingerprint density at radius 3 is 2.04 bits per heavy atom. The topological polar surface area (TPSA) is 55.8 Å². The Bertz CT molecular complexity index is 461. The molecule has 1 aliphatic carbocycles. The molecule has 1 amide bonds. The molecular weight excluding hydrogens is 330 g/mol. The fourth-order valence-corrected chi connectivity index (χ4v) is 4.40. The molecule has 1 saturated heterocycles. The molecule has 1 aliphatic heterocycles. The maximum atomic E-state index is 13.0. The van der Waals surface area contributed by atoms with Gasteiger partial charge in [-0.05, 0) is 59.3 Å². The van der Waals surface area contributed by atoms with Crippen LogP contribution < -0.4 is 0 Å². The highest BCUT2D eigenvalue weighted by Crippen LogP contribution is 2.37. The molecule has 1 heterocycles. The predicted octanol–water partition coefficient (Wildman–Crippen LogP) is 5.07. The minimum Gasteiger partial charge on any atom is -0.464 e. The summed E-state index contributed by atoms with van der Waals surface area (Å²) in [5.41, 5.74) is -0.568. The van der Waals surface area contributed by atoms with E-state index in [9.17, 15) is 9.59 Å². The van der Waals surface area contributed by atoms with Crippen molar-refractivity contribution in [1.29, 1.82) is 0 Å². The van der Waals surface area contributed by atoms with Crippen LogP contribution in [0.3, 0.4) is 0 Å². The molecule has 0 unspecified atom stereocenters. The van der Waals surface area contributed by atoms with Crippen molar-refractivity contribution in [2.45, 2.75) is 110 Å². The zero-order valence-electron chi connectivity index (χ0n) is 17.1. The second-order valence-corrected chi connectivity index (χ2v) is 8.76. The monoisotopic (exact) mass is 367 g/mol. The van der Waals surface area contributed by atoms with Crippen molar-refractivity contribution in [3.63, 3.8) is 0 Å². The summed E-state index contributed by atoms with van der Waals surface area (Å²) in [4.78, 5) is 27.1. The van der Waals surface area contributed by atoms with Gasteiger partial charge < -0.3 is 9.47 Å². The van der Waals surface area contributed by atoms with Gasteiger partial charge in [0, 0.05) is 6.04 Å². The van der Waals surface area contributed by atoms with Gasteiger partial charge >= 0.3 is 12.1 Å². The lowest BCUT2D eigenvalue weighted by atomic mass is 9.88. The number of carbonyl (C=O) groups excluding carboxylic acids is 2. The largest absolute Gasteiger partial charge is 0.464 e. The van der Waals surface area contributed by atoms with Crippen LogP contribution in [0.5, 0.6) is 0 Å². The third-order valence-corrected chi connectivity index (χ3v) is 5.54. The van der Waals surface area contributed by atoms with Gasteiger partial charge in [-0.1, -0.05) is 38.5 Å². The molecule has 0 radical (unpaired) electrons. The molecule has 2 rings (SSSR count). The number of ether oxygens (including phenoxy) is 2. The van der Waals surface area contributed by atoms with Crippen LogP contribution in [0.4, 0.5) is 4.79 Å². The summed E-state index contributed by atoms with van der Waals surface area (Å²) >= 11 is 0. The number of esters is 1. The molecule has 5 heteroatoms. The first-order chi connectivity index (χ1) is 12.3. The van der Waals surface area contributed by atoms with E-state index in [1.807, 2.05) is 20.8 Å². The van der Waals surface area contributed by atoms with Gasteiger partial charge in [0.2, 0.25) is 0 Å². The van der Waals surface area contributed by atoms with E-state index in [0.717, 1.165) is 19.3 Å². The maximum Gasteiger partial charge on any atom is 0.411 e. The Morgan fingerprint density at radius 2 is 1.50 bits per heavy atom. The summed E-state index contributed by atoms with van der Waals surface area (Å²) in [6.45, 7) is 7.76. The second-order valence-electron chi connectivity index (χ2n) is 8.76. The van der Waals surface area contributed by atoms with E-state index in [1.54, 1.807) is 11.8 Å². The smallest absolute Gasteiger partial charge is 0.411 e. The molecule has 2 atom stereocenters. The van der Waals surface area contributed by atoms with Crippen LogP contribution in [0.25, 0.3) is 0 Å². The van der Waals surface area contributed by atoms with E-state index >= 15 is 0 Å². The number of hydrogen-bond donors (Lipinski definition) is 0. The highest BCUT2D eigenvalue weighted by Gasteiger charge is 2.46. The lowest BCUT2D eigenvalue weighted by Gasteiger charge is -2.35. The number of carbonyl (C=O) groups is 2. The molecule has 26 heavy (non-hydrogen) atoms. The molecule has 0 aromatic rings. The first kappa shape index (κ1) is 21.0. The van der Waals surface area contributed by atoms with E-state index in [2.05, 4.69) is 0 Å². The summed E-state index contributed by atoms with van der Waals surface area (Å²) in [6, 6.07) is -0.403. The summed E-state index contributed by atoms with van der Waals surface area (Å²) in [7, 11) is 0. The van der Waals surface area contributed by atoms with Gasteiger partial charge in [0.25, 0.3) is 0 Å². The molecule has 2 fully saturated rings. The van der Waals surface area contributed by atoms with Crippen LogP contribution in [-0.4, -0.2) is 41.3 Å². The Morgan fingerprint density at radius 1 is 0.923 bits per heavy atom. The highest BCUT2D eigenvalue weighted by molar-refractivity contribution is 5.82. The van der Waals surface area contributed by atoms with E-state index in [1.165, 1.54) is 38.5 Å². The normalized spacial score (nSPS) is 25.9. The van der Waals surface area contributed by atoms with E-state index in [4.69, 9.17) is 9.47 Å². The summed E-state index contributed by atoms with van der Waals surface area (Å²) in [6.07, 6.45) is 11.1. The summed E-state index contributed by atoms with van der Waals surface area (Å²) < 4.78 is 10.9. The molecule has 0 spiro atoms. The maximum absolute atomic E-state index is 13.0. The number of hydrogen-bond acceptors (Lipinski definition) is 4. The molecule has 5 nitrogen and oxygen atoms in total. The SMILES string of the molecule is CCOC(=O)[C@H]1CC[C@@H](C2CCCCCCCC2)N1C(=O)OC(C)(C)C. The van der Waals surface area contributed by atoms with Crippen molar-refractivity contribution in [2.24, 2.45) is 5.92 Å². The van der Waals surface area contributed by atoms with Crippen molar-refractivity contribution >= 4 is 12.1 Å². The van der Waals surface area contributed by atoms with E-state index in [-0.39, 0.29) is 18.1 Å². The van der Waals surface area contributed by atoms with Gasteiger partial charge in [-0.2, -0.15) is 0 Å². The molecule has 1 saturated carbocycles. The Kier molecular flexibility index (Phi) is 7.78. The Balaban J connectivity index is 2.18. The van der Waals surface area contributed by atoms with Crippen molar-refractivity contribution < 1.29 is 19.1 Å². The van der Waals surface area contributed by atoms with Gasteiger partial charge in [0.15, 0.2) is 0 Å². The summed E-state index contributed by atoms with van der Waals surface area (Å²) in [5.74, 6) is 0.170. The fraction of sp³-hybridized carbons (Fsp3) is 0.905. The van der Waals surface area contributed by atoms with Crippen molar-refractivity contribution in [3.8, 4) is 0 Å². The molecule has 0 N–H and O–H groups in total. The van der Waals surface area contributed by atoms with E-state index < -0.39 is 11.6 Å². The van der Waals surface area contributed by atoms with Crippen molar-refractivity contribution in [2.75, 3.05) is 6.61 Å². The molecule has 150 valence electrons. The van der Waals surface area contributed by atoms with Gasteiger partial charge in [-0.15, -0.1) is 0 Å². The van der Waals surface area contributed by atoms with Crippen LogP contribution in [0, 0.1) is 5.92 Å². The average molecular weight is 368 g/mol. The lowest BCUT2D eigenvalue weighted by molar-refractivity contribution is -0.149. The zero-order chi connectivity index (χ0) is 19.2. The van der Waals surface area contributed by atoms with Crippen LogP contribution in [0.2, 0.25) is 0 Å². The molecule has 0 aromatic heterocycles. The van der Waals surface area contributed by atoms with Gasteiger partial charge in [0.1, 0.15) is 11.6 Å². The zero-order valence-corrected chi connectivity index (χ0v) is 17.1. The van der Waals surface area contributed by atoms with Crippen molar-refractivity contribution in [1.82, 2.24) is 4.90 Å². The molecule has 2 aliphatic rings. The number of nitrogens with zero attached hydrogens (tertiary/aromatic N) is 1. The van der Waals surface area contributed by atoms with Gasteiger partial charge in [0.05, 0.1) is 6.61 Å². The second kappa shape index (κ2) is 9.61. The van der Waals surface area contributed by atoms with E-state index in [0.29, 0.717) is 18.9 Å². The first-order valence-electron chi connectivity index (χ1n) is 10.5. The Labute approximate surface area is 158 Å². The molecular formula is C21H37NO4. The minimum atomic E-state index is -0.568. The number of rotatable bonds is 3. The van der Waals surface area contributed by atoms with Gasteiger partial charge in [-0.3, -0.25) is 4.90 Å². The first-order valence-corrected chi connectivity index (χ1v) is 10.5. The van der Waals surface area contributed by atoms with Crippen LogP contribution >= 0.6 is 0 Å². The standard InChI is InChI=1S/C21H37NO4/c1-5-25-19(23)18-15-14-17(22(18)20(24)26-21(2,3)4)16-12-10-8-6-7-9-11-13-16/h16-18H,5-15H2,1-4H3/t17-,18+/m0/s1. The third kappa shape index (κ3) is 5.88. The fourth-order valence-electron chi connectivity index (χ4n) is 4.40. The lowest BCUT2D eigenvalue weighted by Crippen LogP contribution is -2.49. The molecule has 0 bridgehead atoms. The Hall–Kier alpha value is -1.26. The van der Waals surface area contributed by atoms with Gasteiger partial charge in [-0.25, -0.2) is 9.59 Å². The quantitative estimate of drug-likeness (QED) is 0.654. The highest BCUT2D eigenvalue weighted by atomic mass is 16.6. The summed E-state index contributed by atoms with van der Waals surface area (Å²) in [5, 5.41) is 0.